The Morgan fingerprint density at radius 3 is 2.59 bits per heavy atom. The van der Waals surface area contributed by atoms with E-state index in [1.807, 2.05) is 6.92 Å². The van der Waals surface area contributed by atoms with Crippen molar-refractivity contribution in [3.8, 4) is 0 Å². The summed E-state index contributed by atoms with van der Waals surface area (Å²) in [7, 11) is 0. The van der Waals surface area contributed by atoms with E-state index >= 15 is 0 Å². The number of ether oxygens (including phenoxy) is 1. The Kier molecular flexibility index (Phi) is 7.54. The van der Waals surface area contributed by atoms with E-state index in [4.69, 9.17) is 4.74 Å². The van der Waals surface area contributed by atoms with Gasteiger partial charge in [0.2, 0.25) is 0 Å². The fraction of sp³-hybridized carbons (Fsp3) is 0.867. The lowest BCUT2D eigenvalue weighted by atomic mass is 9.83. The van der Waals surface area contributed by atoms with Crippen LogP contribution in [-0.2, 0) is 4.74 Å². The number of hydrogen-bond donors (Lipinski definition) is 1. The van der Waals surface area contributed by atoms with Crippen molar-refractivity contribution < 1.29 is 4.74 Å². The number of nitrogens with one attached hydrogen (secondary N) is 1. The van der Waals surface area contributed by atoms with Crippen LogP contribution in [-0.4, -0.2) is 25.8 Å². The molecule has 0 aliphatic heterocycles. The first-order chi connectivity index (χ1) is 8.22. The molecule has 0 radical (unpaired) electrons. The Labute approximate surface area is 107 Å². The number of hydrogen-bond acceptors (Lipinski definition) is 2. The Morgan fingerprint density at radius 1 is 1.29 bits per heavy atom. The Balaban J connectivity index is 1.97. The molecule has 0 aromatic carbocycles. The van der Waals surface area contributed by atoms with E-state index in [9.17, 15) is 0 Å². The summed E-state index contributed by atoms with van der Waals surface area (Å²) in [5, 5.41) is 3.60. The highest BCUT2D eigenvalue weighted by Crippen LogP contribution is 2.27. The Morgan fingerprint density at radius 2 is 2.00 bits per heavy atom. The highest BCUT2D eigenvalue weighted by atomic mass is 16.5. The van der Waals surface area contributed by atoms with Gasteiger partial charge in [-0.15, -0.1) is 0 Å². The third kappa shape index (κ3) is 6.85. The molecule has 0 heterocycles. The summed E-state index contributed by atoms with van der Waals surface area (Å²) in [5.74, 6) is 0.998. The van der Waals surface area contributed by atoms with E-state index < -0.39 is 0 Å². The van der Waals surface area contributed by atoms with Crippen molar-refractivity contribution >= 4 is 0 Å². The van der Waals surface area contributed by atoms with Gasteiger partial charge in [-0.3, -0.25) is 0 Å². The molecule has 0 aromatic rings. The molecule has 0 atom stereocenters. The van der Waals surface area contributed by atoms with E-state index in [1.54, 1.807) is 0 Å². The molecule has 1 aliphatic rings. The van der Waals surface area contributed by atoms with Crippen molar-refractivity contribution in [1.82, 2.24) is 5.32 Å². The van der Waals surface area contributed by atoms with Crippen molar-refractivity contribution in [3.63, 3.8) is 0 Å². The van der Waals surface area contributed by atoms with Crippen LogP contribution in [0.3, 0.4) is 0 Å². The van der Waals surface area contributed by atoms with E-state index in [0.717, 1.165) is 30.7 Å². The molecule has 0 aromatic heterocycles. The van der Waals surface area contributed by atoms with Gasteiger partial charge < -0.3 is 10.1 Å². The first-order valence-corrected chi connectivity index (χ1v) is 7.18. The molecule has 0 spiro atoms. The summed E-state index contributed by atoms with van der Waals surface area (Å²) in [4.78, 5) is 0. The zero-order chi connectivity index (χ0) is 12.5. The summed E-state index contributed by atoms with van der Waals surface area (Å²) >= 11 is 0. The highest BCUT2D eigenvalue weighted by Gasteiger charge is 2.19. The van der Waals surface area contributed by atoms with Gasteiger partial charge in [0, 0.05) is 12.6 Å². The summed E-state index contributed by atoms with van der Waals surface area (Å²) in [6.07, 6.45) is 8.30. The van der Waals surface area contributed by atoms with Crippen LogP contribution in [0.25, 0.3) is 0 Å². The van der Waals surface area contributed by atoms with Gasteiger partial charge in [-0.25, -0.2) is 0 Å². The molecular weight excluding hydrogens is 210 g/mol. The maximum Gasteiger partial charge on any atom is 0.0672 e. The molecule has 0 saturated heterocycles. The normalized spacial score (nSPS) is 24.8. The van der Waals surface area contributed by atoms with Crippen LogP contribution in [0.1, 0.15) is 52.4 Å². The van der Waals surface area contributed by atoms with Crippen molar-refractivity contribution in [2.45, 2.75) is 58.4 Å². The van der Waals surface area contributed by atoms with Crippen LogP contribution in [0.2, 0.25) is 0 Å². The SMILES string of the molecule is C=C(C)COCCNC1CCC(CCC)CC1. The molecule has 1 saturated carbocycles. The standard InChI is InChI=1S/C15H29NO/c1-4-5-14-6-8-15(9-7-14)16-10-11-17-12-13(2)3/h14-16H,2,4-12H2,1,3H3. The van der Waals surface area contributed by atoms with E-state index in [0.29, 0.717) is 6.61 Å². The van der Waals surface area contributed by atoms with Crippen LogP contribution in [0, 0.1) is 5.92 Å². The minimum atomic E-state index is 0.699. The van der Waals surface area contributed by atoms with Crippen molar-refractivity contribution in [2.75, 3.05) is 19.8 Å². The van der Waals surface area contributed by atoms with E-state index in [1.165, 1.54) is 38.5 Å². The average Bonchev–Trinajstić information content (AvgIpc) is 2.31. The second-order valence-electron chi connectivity index (χ2n) is 5.47. The lowest BCUT2D eigenvalue weighted by Crippen LogP contribution is -2.35. The molecule has 2 nitrogen and oxygen atoms in total. The maximum atomic E-state index is 5.48. The second kappa shape index (κ2) is 8.71. The zero-order valence-corrected chi connectivity index (χ0v) is 11.6. The first kappa shape index (κ1) is 14.7. The van der Waals surface area contributed by atoms with Crippen LogP contribution in [0.15, 0.2) is 12.2 Å². The molecule has 17 heavy (non-hydrogen) atoms. The van der Waals surface area contributed by atoms with Crippen LogP contribution >= 0.6 is 0 Å². The van der Waals surface area contributed by atoms with Gasteiger partial charge in [-0.1, -0.05) is 31.9 Å². The molecule has 0 unspecified atom stereocenters. The van der Waals surface area contributed by atoms with Crippen LogP contribution < -0.4 is 5.32 Å². The molecular formula is C15H29NO. The highest BCUT2D eigenvalue weighted by molar-refractivity contribution is 4.87. The van der Waals surface area contributed by atoms with Crippen molar-refractivity contribution in [1.29, 1.82) is 0 Å². The summed E-state index contributed by atoms with van der Waals surface area (Å²) in [6, 6.07) is 0.733. The van der Waals surface area contributed by atoms with Crippen molar-refractivity contribution in [3.05, 3.63) is 12.2 Å². The molecule has 1 aliphatic carbocycles. The number of rotatable bonds is 8. The van der Waals surface area contributed by atoms with Gasteiger partial charge in [0.1, 0.15) is 0 Å². The van der Waals surface area contributed by atoms with E-state index in [-0.39, 0.29) is 0 Å². The third-order valence-electron chi connectivity index (χ3n) is 3.57. The lowest BCUT2D eigenvalue weighted by molar-refractivity contribution is 0.151. The molecule has 1 fully saturated rings. The lowest BCUT2D eigenvalue weighted by Gasteiger charge is -2.29. The summed E-state index contributed by atoms with van der Waals surface area (Å²) in [5.41, 5.74) is 1.10. The van der Waals surface area contributed by atoms with Gasteiger partial charge in [-0.05, 0) is 38.5 Å². The molecule has 2 heteroatoms. The zero-order valence-electron chi connectivity index (χ0n) is 11.6. The molecule has 100 valence electrons. The van der Waals surface area contributed by atoms with Crippen LogP contribution in [0.5, 0.6) is 0 Å². The predicted octanol–water partition coefficient (Wildman–Crippen LogP) is 3.53. The minimum absolute atomic E-state index is 0.699. The summed E-state index contributed by atoms with van der Waals surface area (Å²) in [6.45, 7) is 10.6. The van der Waals surface area contributed by atoms with Gasteiger partial charge in [-0.2, -0.15) is 0 Å². The average molecular weight is 239 g/mol. The van der Waals surface area contributed by atoms with Crippen molar-refractivity contribution in [2.24, 2.45) is 5.92 Å². The van der Waals surface area contributed by atoms with E-state index in [2.05, 4.69) is 18.8 Å². The predicted molar refractivity (Wildman–Crippen MR) is 74.3 cm³/mol. The van der Waals surface area contributed by atoms with Gasteiger partial charge in [0.05, 0.1) is 13.2 Å². The molecule has 0 amide bonds. The molecule has 1 rings (SSSR count). The Hall–Kier alpha value is -0.340. The Bertz CT molecular complexity index is 207. The fourth-order valence-electron chi connectivity index (χ4n) is 2.65. The van der Waals surface area contributed by atoms with Gasteiger partial charge >= 0.3 is 0 Å². The topological polar surface area (TPSA) is 21.3 Å². The summed E-state index contributed by atoms with van der Waals surface area (Å²) < 4.78 is 5.48. The maximum absolute atomic E-state index is 5.48. The van der Waals surface area contributed by atoms with Gasteiger partial charge in [0.15, 0.2) is 0 Å². The third-order valence-corrected chi connectivity index (χ3v) is 3.57. The minimum Gasteiger partial charge on any atom is -0.376 e. The smallest absolute Gasteiger partial charge is 0.0672 e. The molecule has 1 N–H and O–H groups in total. The largest absolute Gasteiger partial charge is 0.376 e. The quantitative estimate of drug-likeness (QED) is 0.517. The fourth-order valence-corrected chi connectivity index (χ4v) is 2.65. The van der Waals surface area contributed by atoms with Gasteiger partial charge in [0.25, 0.3) is 0 Å². The first-order valence-electron chi connectivity index (χ1n) is 7.18. The monoisotopic (exact) mass is 239 g/mol. The molecule has 0 bridgehead atoms. The second-order valence-corrected chi connectivity index (χ2v) is 5.47. The van der Waals surface area contributed by atoms with Crippen LogP contribution in [0.4, 0.5) is 0 Å².